The number of hydrogen-bond acceptors (Lipinski definition) is 8. The number of amides is 1. The van der Waals surface area contributed by atoms with Crippen molar-refractivity contribution in [1.82, 2.24) is 15.0 Å². The van der Waals surface area contributed by atoms with Crippen LogP contribution >= 0.6 is 11.3 Å². The molecule has 5 N–H and O–H groups in total. The standard InChI is InChI=1S/C25H37N5O5S2/c1-16-11-13-17(14-12-16)37(33,34)30-23(26)27-15-7-9-19(29-24(32)35-25(2,3)4)21(31)22-28-18-8-5-6-10-20(18)36-22/h11-14,19,21,31H,5-10,15H2,1-4H3,(H,29,32)(H3,26,27,30)/t19-,21?/m0/s1. The smallest absolute Gasteiger partial charge is 0.407 e. The molecule has 0 fully saturated rings. The van der Waals surface area contributed by atoms with Crippen molar-refractivity contribution < 1.29 is 23.1 Å². The van der Waals surface area contributed by atoms with E-state index in [1.807, 2.05) is 6.92 Å². The molecular weight excluding hydrogens is 514 g/mol. The molecular formula is C25H37N5O5S2. The van der Waals surface area contributed by atoms with Gasteiger partial charge in [0.1, 0.15) is 16.7 Å². The number of aromatic nitrogens is 1. The topological polar surface area (TPSA) is 156 Å². The lowest BCUT2D eigenvalue weighted by Gasteiger charge is -2.26. The number of thiazole rings is 1. The highest BCUT2D eigenvalue weighted by Crippen LogP contribution is 2.32. The number of ether oxygens (including phenoxy) is 1. The summed E-state index contributed by atoms with van der Waals surface area (Å²) in [4.78, 5) is 22.5. The van der Waals surface area contributed by atoms with Gasteiger partial charge in [0.25, 0.3) is 10.0 Å². The number of nitrogens with two attached hydrogens (primary N) is 1. The van der Waals surface area contributed by atoms with Gasteiger partial charge in [-0.2, -0.15) is 0 Å². The minimum absolute atomic E-state index is 0.0899. The molecule has 1 amide bonds. The van der Waals surface area contributed by atoms with Crippen molar-refractivity contribution in [2.75, 3.05) is 6.54 Å². The number of aliphatic imine (C=N–C) groups is 1. The number of guanidine groups is 1. The van der Waals surface area contributed by atoms with Gasteiger partial charge in [0.05, 0.1) is 16.6 Å². The Kier molecular flexibility index (Phi) is 9.54. The molecule has 0 saturated heterocycles. The molecule has 0 radical (unpaired) electrons. The number of benzene rings is 1. The van der Waals surface area contributed by atoms with Crippen molar-refractivity contribution in [1.29, 1.82) is 0 Å². The zero-order chi connectivity index (χ0) is 27.2. The van der Waals surface area contributed by atoms with Crippen LogP contribution in [0.1, 0.15) is 73.7 Å². The molecule has 1 aromatic carbocycles. The molecule has 3 rings (SSSR count). The molecule has 2 aromatic rings. The molecule has 1 aromatic heterocycles. The fourth-order valence-corrected chi connectivity index (χ4v) is 6.05. The van der Waals surface area contributed by atoms with E-state index in [0.717, 1.165) is 36.9 Å². The Bertz CT molecular complexity index is 1180. The van der Waals surface area contributed by atoms with Crippen molar-refractivity contribution in [2.45, 2.75) is 88.9 Å². The lowest BCUT2D eigenvalue weighted by Crippen LogP contribution is -2.42. The predicted molar refractivity (Wildman–Crippen MR) is 144 cm³/mol. The van der Waals surface area contributed by atoms with Crippen LogP contribution in [0, 0.1) is 6.92 Å². The summed E-state index contributed by atoms with van der Waals surface area (Å²) in [6, 6.07) is 5.72. The largest absolute Gasteiger partial charge is 0.444 e. The first-order valence-electron chi connectivity index (χ1n) is 12.4. The molecule has 204 valence electrons. The first-order valence-corrected chi connectivity index (χ1v) is 14.7. The number of aryl methyl sites for hydroxylation is 3. The van der Waals surface area contributed by atoms with E-state index in [0.29, 0.717) is 17.8 Å². The Labute approximate surface area is 222 Å². The molecule has 0 bridgehead atoms. The van der Waals surface area contributed by atoms with Crippen LogP contribution in [0.3, 0.4) is 0 Å². The van der Waals surface area contributed by atoms with Crippen LogP contribution in [-0.4, -0.2) is 48.7 Å². The van der Waals surface area contributed by atoms with Crippen molar-refractivity contribution in [3.63, 3.8) is 0 Å². The number of nitrogens with zero attached hydrogens (tertiary/aromatic N) is 2. The second-order valence-corrected chi connectivity index (χ2v) is 13.0. The molecule has 10 nitrogen and oxygen atoms in total. The molecule has 1 aliphatic carbocycles. The molecule has 37 heavy (non-hydrogen) atoms. The first kappa shape index (κ1) is 28.9. The van der Waals surface area contributed by atoms with Crippen LogP contribution < -0.4 is 15.8 Å². The fraction of sp³-hybridized carbons (Fsp3) is 0.560. The molecule has 1 unspecified atom stereocenters. The maximum absolute atomic E-state index is 12.5. The van der Waals surface area contributed by atoms with Crippen molar-refractivity contribution >= 4 is 33.4 Å². The number of nitrogens with one attached hydrogen (secondary N) is 2. The van der Waals surface area contributed by atoms with Crippen LogP contribution in [-0.2, 0) is 27.6 Å². The summed E-state index contributed by atoms with van der Waals surface area (Å²) in [7, 11) is -3.84. The van der Waals surface area contributed by atoms with E-state index in [-0.39, 0.29) is 17.4 Å². The van der Waals surface area contributed by atoms with E-state index in [4.69, 9.17) is 10.5 Å². The predicted octanol–water partition coefficient (Wildman–Crippen LogP) is 3.33. The highest BCUT2D eigenvalue weighted by molar-refractivity contribution is 7.90. The second kappa shape index (κ2) is 12.2. The third-order valence-corrected chi connectivity index (χ3v) is 8.32. The number of carbonyl (C=O) groups excluding carboxylic acids is 1. The van der Waals surface area contributed by atoms with Crippen LogP contribution in [0.4, 0.5) is 4.79 Å². The monoisotopic (exact) mass is 551 g/mol. The Morgan fingerprint density at radius 1 is 1.24 bits per heavy atom. The van der Waals surface area contributed by atoms with Gasteiger partial charge in [-0.05, 0) is 78.4 Å². The van der Waals surface area contributed by atoms with Gasteiger partial charge in [-0.25, -0.2) is 22.9 Å². The summed E-state index contributed by atoms with van der Waals surface area (Å²) in [5.74, 6) is -0.231. The average Bonchev–Trinajstić information content (AvgIpc) is 3.23. The number of aliphatic hydroxyl groups is 1. The summed E-state index contributed by atoms with van der Waals surface area (Å²) in [6.45, 7) is 7.35. The molecule has 2 atom stereocenters. The van der Waals surface area contributed by atoms with Gasteiger partial charge in [0, 0.05) is 11.4 Å². The maximum Gasteiger partial charge on any atom is 0.407 e. The molecule has 1 heterocycles. The number of fused-ring (bicyclic) bond motifs is 1. The summed E-state index contributed by atoms with van der Waals surface area (Å²) in [6.07, 6.45) is 3.18. The normalized spacial score (nSPS) is 16.0. The van der Waals surface area contributed by atoms with E-state index in [1.165, 1.54) is 28.3 Å². The minimum atomic E-state index is -3.84. The van der Waals surface area contributed by atoms with E-state index in [9.17, 15) is 18.3 Å². The molecule has 0 aliphatic heterocycles. The van der Waals surface area contributed by atoms with Gasteiger partial charge in [-0.1, -0.05) is 17.7 Å². The van der Waals surface area contributed by atoms with Gasteiger partial charge in [-0.3, -0.25) is 4.99 Å². The molecule has 1 aliphatic rings. The van der Waals surface area contributed by atoms with Crippen molar-refractivity contribution in [3.8, 4) is 0 Å². The number of alkyl carbamates (subject to hydrolysis) is 1. The fourth-order valence-electron chi connectivity index (χ4n) is 3.90. The summed E-state index contributed by atoms with van der Waals surface area (Å²) < 4.78 is 32.6. The number of aliphatic hydroxyl groups excluding tert-OH is 1. The summed E-state index contributed by atoms with van der Waals surface area (Å²) in [5, 5.41) is 14.4. The Balaban J connectivity index is 1.63. The van der Waals surface area contributed by atoms with Gasteiger partial charge in [0.2, 0.25) is 5.96 Å². The zero-order valence-electron chi connectivity index (χ0n) is 21.8. The van der Waals surface area contributed by atoms with E-state index in [1.54, 1.807) is 32.9 Å². The summed E-state index contributed by atoms with van der Waals surface area (Å²) >= 11 is 1.48. The molecule has 0 spiro atoms. The summed E-state index contributed by atoms with van der Waals surface area (Å²) in [5.41, 5.74) is 7.09. The quantitative estimate of drug-likeness (QED) is 0.212. The lowest BCUT2D eigenvalue weighted by atomic mass is 10.0. The Hall–Kier alpha value is -2.70. The number of rotatable bonds is 9. The van der Waals surface area contributed by atoms with Gasteiger partial charge >= 0.3 is 6.09 Å². The molecule has 0 saturated carbocycles. The van der Waals surface area contributed by atoms with E-state index in [2.05, 4.69) is 20.0 Å². The van der Waals surface area contributed by atoms with Crippen molar-refractivity contribution in [3.05, 3.63) is 45.4 Å². The van der Waals surface area contributed by atoms with Crippen LogP contribution in [0.15, 0.2) is 34.2 Å². The van der Waals surface area contributed by atoms with Gasteiger partial charge in [0.15, 0.2) is 0 Å². The van der Waals surface area contributed by atoms with E-state index < -0.39 is 33.9 Å². The third kappa shape index (κ3) is 8.68. The second-order valence-electron chi connectivity index (χ2n) is 10.2. The zero-order valence-corrected chi connectivity index (χ0v) is 23.4. The number of carbonyl (C=O) groups is 1. The third-order valence-electron chi connectivity index (χ3n) is 5.72. The Morgan fingerprint density at radius 2 is 1.92 bits per heavy atom. The lowest BCUT2D eigenvalue weighted by molar-refractivity contribution is 0.0412. The van der Waals surface area contributed by atoms with Crippen LogP contribution in [0.25, 0.3) is 0 Å². The van der Waals surface area contributed by atoms with Crippen molar-refractivity contribution in [2.24, 2.45) is 10.7 Å². The SMILES string of the molecule is Cc1ccc(S(=O)(=O)NC(N)=NCCC[C@H](NC(=O)OC(C)(C)C)C(O)c2nc3c(s2)CCCC3)cc1. The number of hydrogen-bond donors (Lipinski definition) is 4. The minimum Gasteiger partial charge on any atom is -0.444 e. The highest BCUT2D eigenvalue weighted by Gasteiger charge is 2.29. The number of sulfonamides is 1. The van der Waals surface area contributed by atoms with E-state index >= 15 is 0 Å². The Morgan fingerprint density at radius 3 is 2.57 bits per heavy atom. The molecule has 12 heteroatoms. The first-order chi connectivity index (χ1) is 17.3. The maximum atomic E-state index is 12.5. The van der Waals surface area contributed by atoms with Gasteiger partial charge < -0.3 is 20.9 Å². The highest BCUT2D eigenvalue weighted by atomic mass is 32.2. The van der Waals surface area contributed by atoms with Crippen LogP contribution in [0.5, 0.6) is 0 Å². The average molecular weight is 552 g/mol. The van der Waals surface area contributed by atoms with Gasteiger partial charge in [-0.15, -0.1) is 11.3 Å². The van der Waals surface area contributed by atoms with Crippen LogP contribution in [0.2, 0.25) is 0 Å².